The molecule has 0 spiro atoms. The fourth-order valence-corrected chi connectivity index (χ4v) is 2.50. The first-order valence-corrected chi connectivity index (χ1v) is 7.43. The fraction of sp³-hybridized carbons (Fsp3) is 0.500. The Morgan fingerprint density at radius 2 is 2.09 bits per heavy atom. The fourth-order valence-electron chi connectivity index (χ4n) is 2.50. The molecule has 2 amide bonds. The number of hydrogen-bond donors (Lipinski definition) is 1. The molecule has 1 aliphatic heterocycles. The summed E-state index contributed by atoms with van der Waals surface area (Å²) in [5, 5.41) is 2.78. The van der Waals surface area contributed by atoms with Gasteiger partial charge in [0.25, 0.3) is 0 Å². The van der Waals surface area contributed by atoms with Gasteiger partial charge in [0.2, 0.25) is 11.8 Å². The van der Waals surface area contributed by atoms with Crippen LogP contribution in [0.1, 0.15) is 13.3 Å². The molecule has 1 unspecified atom stereocenters. The summed E-state index contributed by atoms with van der Waals surface area (Å²) in [7, 11) is 1.48. The van der Waals surface area contributed by atoms with E-state index in [1.807, 2.05) is 31.2 Å². The minimum absolute atomic E-state index is 0.0449. The maximum Gasteiger partial charge on any atom is 0.245 e. The quantitative estimate of drug-likeness (QED) is 0.822. The summed E-state index contributed by atoms with van der Waals surface area (Å²) in [5.41, 5.74) is 0.860. The number of benzene rings is 1. The molecule has 120 valence electrons. The van der Waals surface area contributed by atoms with Crippen molar-refractivity contribution in [2.45, 2.75) is 13.3 Å². The second kappa shape index (κ2) is 7.79. The van der Waals surface area contributed by atoms with Crippen LogP contribution in [-0.2, 0) is 14.3 Å². The van der Waals surface area contributed by atoms with E-state index in [9.17, 15) is 9.59 Å². The van der Waals surface area contributed by atoms with Crippen LogP contribution in [0.25, 0.3) is 0 Å². The molecule has 1 aromatic rings. The molecule has 0 bridgehead atoms. The molecule has 1 fully saturated rings. The second-order valence-electron chi connectivity index (χ2n) is 5.24. The summed E-state index contributed by atoms with van der Waals surface area (Å²) >= 11 is 0. The number of carbonyl (C=O) groups excluding carboxylic acids is 2. The number of anilines is 1. The third-order valence-electron chi connectivity index (χ3n) is 3.53. The zero-order valence-corrected chi connectivity index (χ0v) is 13.0. The molecule has 0 saturated carbocycles. The number of methoxy groups -OCH3 is 1. The molecule has 6 nitrogen and oxygen atoms in total. The Balaban J connectivity index is 1.90. The van der Waals surface area contributed by atoms with Gasteiger partial charge in [-0.3, -0.25) is 9.59 Å². The van der Waals surface area contributed by atoms with E-state index in [1.165, 1.54) is 7.11 Å². The van der Waals surface area contributed by atoms with Crippen molar-refractivity contribution >= 4 is 17.5 Å². The summed E-state index contributed by atoms with van der Waals surface area (Å²) in [5.74, 6) is 0.839. The highest BCUT2D eigenvalue weighted by Gasteiger charge is 2.30. The first-order chi connectivity index (χ1) is 10.6. The molecular weight excluding hydrogens is 284 g/mol. The molecule has 1 heterocycles. The lowest BCUT2D eigenvalue weighted by atomic mass is 10.1. The molecule has 1 saturated heterocycles. The van der Waals surface area contributed by atoms with Crippen LogP contribution in [-0.4, -0.2) is 45.2 Å². The van der Waals surface area contributed by atoms with Crippen LogP contribution in [0, 0.1) is 5.92 Å². The number of amides is 2. The van der Waals surface area contributed by atoms with Crippen molar-refractivity contribution in [3.63, 3.8) is 0 Å². The van der Waals surface area contributed by atoms with Gasteiger partial charge >= 0.3 is 0 Å². The van der Waals surface area contributed by atoms with E-state index in [4.69, 9.17) is 9.47 Å². The SMILES string of the molecule is CCOc1ccc(N2CC(CNC(=O)COC)CC2=O)cc1. The van der Waals surface area contributed by atoms with Gasteiger partial charge < -0.3 is 19.7 Å². The van der Waals surface area contributed by atoms with E-state index in [0.29, 0.717) is 26.1 Å². The normalized spacial score (nSPS) is 17.6. The van der Waals surface area contributed by atoms with Crippen LogP contribution < -0.4 is 15.0 Å². The van der Waals surface area contributed by atoms with Gasteiger partial charge in [0.1, 0.15) is 12.4 Å². The van der Waals surface area contributed by atoms with Gasteiger partial charge in [0.05, 0.1) is 6.61 Å². The minimum atomic E-state index is -0.158. The zero-order chi connectivity index (χ0) is 15.9. The van der Waals surface area contributed by atoms with E-state index in [-0.39, 0.29) is 24.3 Å². The maximum absolute atomic E-state index is 12.1. The highest BCUT2D eigenvalue weighted by atomic mass is 16.5. The molecule has 0 radical (unpaired) electrons. The van der Waals surface area contributed by atoms with Gasteiger partial charge in [-0.25, -0.2) is 0 Å². The number of carbonyl (C=O) groups is 2. The first-order valence-electron chi connectivity index (χ1n) is 7.43. The van der Waals surface area contributed by atoms with Crippen LogP contribution in [0.15, 0.2) is 24.3 Å². The van der Waals surface area contributed by atoms with Crippen LogP contribution in [0.5, 0.6) is 5.75 Å². The molecule has 22 heavy (non-hydrogen) atoms. The van der Waals surface area contributed by atoms with E-state index < -0.39 is 0 Å². The summed E-state index contributed by atoms with van der Waals surface area (Å²) in [4.78, 5) is 25.3. The molecule has 1 aromatic carbocycles. The lowest BCUT2D eigenvalue weighted by Gasteiger charge is -2.17. The Morgan fingerprint density at radius 1 is 1.36 bits per heavy atom. The third-order valence-corrected chi connectivity index (χ3v) is 3.53. The Hall–Kier alpha value is -2.08. The predicted octanol–water partition coefficient (Wildman–Crippen LogP) is 1.20. The van der Waals surface area contributed by atoms with Gasteiger partial charge in [0, 0.05) is 38.2 Å². The average Bonchev–Trinajstić information content (AvgIpc) is 2.88. The number of ether oxygens (including phenoxy) is 2. The molecule has 1 aliphatic rings. The number of rotatable bonds is 7. The van der Waals surface area contributed by atoms with E-state index in [0.717, 1.165) is 11.4 Å². The highest BCUT2D eigenvalue weighted by molar-refractivity contribution is 5.95. The Kier molecular flexibility index (Phi) is 5.77. The Morgan fingerprint density at radius 3 is 2.73 bits per heavy atom. The highest BCUT2D eigenvalue weighted by Crippen LogP contribution is 2.26. The van der Waals surface area contributed by atoms with Crippen LogP contribution >= 0.6 is 0 Å². The summed E-state index contributed by atoms with van der Waals surface area (Å²) in [6.07, 6.45) is 0.445. The van der Waals surface area contributed by atoms with Crippen molar-refractivity contribution in [1.29, 1.82) is 0 Å². The van der Waals surface area contributed by atoms with Gasteiger partial charge in [0.15, 0.2) is 0 Å². The second-order valence-corrected chi connectivity index (χ2v) is 5.24. The molecule has 1 atom stereocenters. The Bertz CT molecular complexity index is 515. The van der Waals surface area contributed by atoms with E-state index in [1.54, 1.807) is 4.90 Å². The van der Waals surface area contributed by atoms with Crippen molar-refractivity contribution in [2.75, 3.05) is 38.3 Å². The first kappa shape index (κ1) is 16.3. The largest absolute Gasteiger partial charge is 0.494 e. The van der Waals surface area contributed by atoms with Crippen molar-refractivity contribution in [3.05, 3.63) is 24.3 Å². The smallest absolute Gasteiger partial charge is 0.245 e. The van der Waals surface area contributed by atoms with Gasteiger partial charge in [-0.2, -0.15) is 0 Å². The predicted molar refractivity (Wildman–Crippen MR) is 83.0 cm³/mol. The molecular formula is C16H22N2O4. The van der Waals surface area contributed by atoms with Crippen molar-refractivity contribution < 1.29 is 19.1 Å². The maximum atomic E-state index is 12.1. The Labute approximate surface area is 130 Å². The number of nitrogens with one attached hydrogen (secondary N) is 1. The van der Waals surface area contributed by atoms with Crippen molar-refractivity contribution in [1.82, 2.24) is 5.32 Å². The van der Waals surface area contributed by atoms with E-state index >= 15 is 0 Å². The molecule has 6 heteroatoms. The van der Waals surface area contributed by atoms with Crippen molar-refractivity contribution in [2.24, 2.45) is 5.92 Å². The number of nitrogens with zero attached hydrogens (tertiary/aromatic N) is 1. The van der Waals surface area contributed by atoms with Crippen molar-refractivity contribution in [3.8, 4) is 5.75 Å². The topological polar surface area (TPSA) is 67.9 Å². The number of hydrogen-bond acceptors (Lipinski definition) is 4. The molecule has 0 aliphatic carbocycles. The third kappa shape index (κ3) is 4.21. The molecule has 1 N–H and O–H groups in total. The monoisotopic (exact) mass is 306 g/mol. The van der Waals surface area contributed by atoms with E-state index in [2.05, 4.69) is 5.32 Å². The summed E-state index contributed by atoms with van der Waals surface area (Å²) in [6, 6.07) is 7.49. The van der Waals surface area contributed by atoms with Crippen LogP contribution in [0.3, 0.4) is 0 Å². The van der Waals surface area contributed by atoms with Crippen LogP contribution in [0.4, 0.5) is 5.69 Å². The van der Waals surface area contributed by atoms with Crippen LogP contribution in [0.2, 0.25) is 0 Å². The zero-order valence-electron chi connectivity index (χ0n) is 13.0. The standard InChI is InChI=1S/C16H22N2O4/c1-3-22-14-6-4-13(5-7-14)18-10-12(8-16(18)20)9-17-15(19)11-21-2/h4-7,12H,3,8-11H2,1-2H3,(H,17,19). The van der Waals surface area contributed by atoms with Gasteiger partial charge in [-0.05, 0) is 31.2 Å². The van der Waals surface area contributed by atoms with Gasteiger partial charge in [-0.15, -0.1) is 0 Å². The summed E-state index contributed by atoms with van der Waals surface area (Å²) < 4.78 is 10.2. The molecule has 0 aromatic heterocycles. The average molecular weight is 306 g/mol. The lowest BCUT2D eigenvalue weighted by molar-refractivity contribution is -0.125. The van der Waals surface area contributed by atoms with Gasteiger partial charge in [-0.1, -0.05) is 0 Å². The summed E-state index contributed by atoms with van der Waals surface area (Å²) in [6.45, 7) is 3.69. The minimum Gasteiger partial charge on any atom is -0.494 e. The lowest BCUT2D eigenvalue weighted by Crippen LogP contribution is -2.33. The molecule has 2 rings (SSSR count).